The topological polar surface area (TPSA) is 39.7 Å². The summed E-state index contributed by atoms with van der Waals surface area (Å²) >= 11 is 1.67. The average molecular weight is 257 g/mol. The lowest BCUT2D eigenvalue weighted by Gasteiger charge is -2.14. The van der Waals surface area contributed by atoms with Crippen molar-refractivity contribution in [3.05, 3.63) is 17.7 Å². The Hall–Kier alpha value is -0.910. The van der Waals surface area contributed by atoms with E-state index in [0.717, 1.165) is 22.0 Å². The first-order valence-electron chi connectivity index (χ1n) is 5.40. The summed E-state index contributed by atoms with van der Waals surface area (Å²) < 4.78 is 10.5. The van der Waals surface area contributed by atoms with Gasteiger partial charge in [0.05, 0.1) is 20.8 Å². The predicted octanol–water partition coefficient (Wildman–Crippen LogP) is 2.47. The summed E-state index contributed by atoms with van der Waals surface area (Å²) in [5.41, 5.74) is 4.03. The van der Waals surface area contributed by atoms with Crippen LogP contribution in [0.15, 0.2) is 17.0 Å². The molecule has 1 aromatic carbocycles. The van der Waals surface area contributed by atoms with Gasteiger partial charge in [-0.2, -0.15) is 5.48 Å². The first-order chi connectivity index (χ1) is 8.26. The molecule has 0 aromatic heterocycles. The van der Waals surface area contributed by atoms with Crippen LogP contribution in [0.3, 0.4) is 0 Å². The van der Waals surface area contributed by atoms with Gasteiger partial charge in [0.25, 0.3) is 0 Å². The summed E-state index contributed by atoms with van der Waals surface area (Å²) in [6.07, 6.45) is 2.03. The number of hydrogen-bond donors (Lipinski definition) is 1. The van der Waals surface area contributed by atoms with E-state index in [0.29, 0.717) is 13.2 Å². The van der Waals surface area contributed by atoms with Crippen molar-refractivity contribution in [1.29, 1.82) is 0 Å². The van der Waals surface area contributed by atoms with E-state index in [1.54, 1.807) is 26.0 Å². The van der Waals surface area contributed by atoms with E-state index in [1.165, 1.54) is 0 Å². The van der Waals surface area contributed by atoms with Crippen LogP contribution in [0.2, 0.25) is 0 Å². The molecule has 17 heavy (non-hydrogen) atoms. The van der Waals surface area contributed by atoms with Gasteiger partial charge < -0.3 is 14.3 Å². The maximum Gasteiger partial charge on any atom is 0.161 e. The number of hydrogen-bond acceptors (Lipinski definition) is 5. The highest BCUT2D eigenvalue weighted by Crippen LogP contribution is 2.34. The van der Waals surface area contributed by atoms with Crippen LogP contribution in [0.4, 0.5) is 0 Å². The van der Waals surface area contributed by atoms with E-state index in [1.807, 2.05) is 25.3 Å². The van der Waals surface area contributed by atoms with Crippen molar-refractivity contribution in [2.24, 2.45) is 0 Å². The van der Waals surface area contributed by atoms with Gasteiger partial charge in [-0.05, 0) is 30.9 Å². The molecule has 0 radical (unpaired) electrons. The molecule has 0 aliphatic heterocycles. The molecule has 0 saturated carbocycles. The fourth-order valence-electron chi connectivity index (χ4n) is 1.46. The van der Waals surface area contributed by atoms with E-state index in [9.17, 15) is 0 Å². The number of methoxy groups -OCH3 is 2. The Kier molecular flexibility index (Phi) is 6.18. The maximum absolute atomic E-state index is 5.28. The van der Waals surface area contributed by atoms with E-state index in [2.05, 4.69) is 5.48 Å². The van der Waals surface area contributed by atoms with Crippen molar-refractivity contribution in [3.63, 3.8) is 0 Å². The SMILES string of the molecule is CCONCc1cc(OC)c(OC)cc1SC. The van der Waals surface area contributed by atoms with E-state index in [4.69, 9.17) is 14.3 Å². The molecule has 1 aromatic rings. The van der Waals surface area contributed by atoms with Crippen LogP contribution in [0.25, 0.3) is 0 Å². The Morgan fingerprint density at radius 3 is 2.35 bits per heavy atom. The van der Waals surface area contributed by atoms with Gasteiger partial charge in [0, 0.05) is 11.4 Å². The summed E-state index contributed by atoms with van der Waals surface area (Å²) in [5, 5.41) is 0. The highest BCUT2D eigenvalue weighted by Gasteiger charge is 2.10. The molecule has 0 aliphatic carbocycles. The highest BCUT2D eigenvalue weighted by atomic mass is 32.2. The summed E-state index contributed by atoms with van der Waals surface area (Å²) in [5.74, 6) is 1.48. The first kappa shape index (κ1) is 14.2. The minimum Gasteiger partial charge on any atom is -0.493 e. The molecule has 0 heterocycles. The molecule has 96 valence electrons. The number of benzene rings is 1. The standard InChI is InChI=1S/C12H19NO3S/c1-5-16-13-8-9-6-10(14-2)11(15-3)7-12(9)17-4/h6-7,13H,5,8H2,1-4H3. The second kappa shape index (κ2) is 7.42. The Labute approximate surface area is 107 Å². The van der Waals surface area contributed by atoms with Crippen molar-refractivity contribution in [1.82, 2.24) is 5.48 Å². The van der Waals surface area contributed by atoms with E-state index < -0.39 is 0 Å². The summed E-state index contributed by atoms with van der Waals surface area (Å²) in [4.78, 5) is 6.28. The third-order valence-corrected chi connectivity index (χ3v) is 3.12. The molecular weight excluding hydrogens is 238 g/mol. The number of nitrogens with one attached hydrogen (secondary N) is 1. The number of ether oxygens (including phenoxy) is 2. The zero-order chi connectivity index (χ0) is 12.7. The second-order valence-electron chi connectivity index (χ2n) is 3.27. The van der Waals surface area contributed by atoms with E-state index >= 15 is 0 Å². The lowest BCUT2D eigenvalue weighted by Crippen LogP contribution is -2.14. The Morgan fingerprint density at radius 2 is 1.82 bits per heavy atom. The number of thioether (sulfide) groups is 1. The van der Waals surface area contributed by atoms with Crippen LogP contribution in [-0.4, -0.2) is 27.1 Å². The van der Waals surface area contributed by atoms with E-state index in [-0.39, 0.29) is 0 Å². The predicted molar refractivity (Wildman–Crippen MR) is 69.8 cm³/mol. The molecule has 0 spiro atoms. The molecule has 4 nitrogen and oxygen atoms in total. The van der Waals surface area contributed by atoms with Crippen LogP contribution < -0.4 is 15.0 Å². The zero-order valence-electron chi connectivity index (χ0n) is 10.7. The summed E-state index contributed by atoms with van der Waals surface area (Å²) in [6, 6.07) is 3.95. The smallest absolute Gasteiger partial charge is 0.161 e. The maximum atomic E-state index is 5.28. The largest absolute Gasteiger partial charge is 0.493 e. The van der Waals surface area contributed by atoms with Gasteiger partial charge >= 0.3 is 0 Å². The molecule has 0 fully saturated rings. The van der Waals surface area contributed by atoms with Crippen LogP contribution in [0, 0.1) is 0 Å². The molecule has 5 heteroatoms. The molecule has 1 N–H and O–H groups in total. The Bertz CT molecular complexity index is 358. The quantitative estimate of drug-likeness (QED) is 0.461. The molecule has 0 amide bonds. The summed E-state index contributed by atoms with van der Waals surface area (Å²) in [7, 11) is 3.27. The number of hydroxylamine groups is 1. The van der Waals surface area contributed by atoms with Crippen LogP contribution in [-0.2, 0) is 11.4 Å². The van der Waals surface area contributed by atoms with Gasteiger partial charge in [0.1, 0.15) is 0 Å². The average Bonchev–Trinajstić information content (AvgIpc) is 2.38. The minimum atomic E-state index is 0.641. The van der Waals surface area contributed by atoms with Crippen LogP contribution in [0.5, 0.6) is 11.5 Å². The minimum absolute atomic E-state index is 0.641. The van der Waals surface area contributed by atoms with Crippen LogP contribution >= 0.6 is 11.8 Å². The van der Waals surface area contributed by atoms with Crippen molar-refractivity contribution < 1.29 is 14.3 Å². The molecule has 0 aliphatic rings. The molecule has 0 atom stereocenters. The second-order valence-corrected chi connectivity index (χ2v) is 4.12. The lowest BCUT2D eigenvalue weighted by atomic mass is 10.2. The van der Waals surface area contributed by atoms with Gasteiger partial charge in [-0.1, -0.05) is 0 Å². The third-order valence-electron chi connectivity index (χ3n) is 2.30. The van der Waals surface area contributed by atoms with Gasteiger partial charge in [0.2, 0.25) is 0 Å². The van der Waals surface area contributed by atoms with Crippen LogP contribution in [0.1, 0.15) is 12.5 Å². The molecular formula is C12H19NO3S. The number of rotatable bonds is 7. The van der Waals surface area contributed by atoms with Crippen molar-refractivity contribution >= 4 is 11.8 Å². The fourth-order valence-corrected chi connectivity index (χ4v) is 2.08. The van der Waals surface area contributed by atoms with Gasteiger partial charge in [-0.3, -0.25) is 0 Å². The highest BCUT2D eigenvalue weighted by molar-refractivity contribution is 7.98. The first-order valence-corrected chi connectivity index (χ1v) is 6.62. The van der Waals surface area contributed by atoms with Crippen molar-refractivity contribution in [3.8, 4) is 11.5 Å². The van der Waals surface area contributed by atoms with Crippen molar-refractivity contribution in [2.75, 3.05) is 27.1 Å². The fraction of sp³-hybridized carbons (Fsp3) is 0.500. The Morgan fingerprint density at radius 1 is 1.18 bits per heavy atom. The zero-order valence-corrected chi connectivity index (χ0v) is 11.5. The molecule has 0 bridgehead atoms. The molecule has 0 saturated heterocycles. The molecule has 0 unspecified atom stereocenters. The Balaban J connectivity index is 2.93. The van der Waals surface area contributed by atoms with Gasteiger partial charge in [-0.15, -0.1) is 11.8 Å². The monoisotopic (exact) mass is 257 g/mol. The van der Waals surface area contributed by atoms with Gasteiger partial charge in [0.15, 0.2) is 11.5 Å². The normalized spacial score (nSPS) is 10.4. The molecule has 1 rings (SSSR count). The van der Waals surface area contributed by atoms with Crippen molar-refractivity contribution in [2.45, 2.75) is 18.4 Å². The third kappa shape index (κ3) is 3.80. The summed E-state index contributed by atoms with van der Waals surface area (Å²) in [6.45, 7) is 3.23. The van der Waals surface area contributed by atoms with Gasteiger partial charge in [-0.25, -0.2) is 0 Å². The lowest BCUT2D eigenvalue weighted by molar-refractivity contribution is 0.0458.